The van der Waals surface area contributed by atoms with Gasteiger partial charge in [-0.05, 0) is 6.07 Å². The van der Waals surface area contributed by atoms with Gasteiger partial charge in [0.05, 0.1) is 17.6 Å². The number of nitrogens with one attached hydrogen (secondary N) is 2. The van der Waals surface area contributed by atoms with Crippen molar-refractivity contribution < 1.29 is 14.5 Å². The third-order valence-electron chi connectivity index (χ3n) is 1.88. The van der Waals surface area contributed by atoms with Crippen molar-refractivity contribution >= 4 is 11.6 Å². The zero-order valence-electron chi connectivity index (χ0n) is 8.81. The Kier molecular flexibility index (Phi) is 3.78. The molecule has 0 saturated carbocycles. The molecule has 86 valence electrons. The summed E-state index contributed by atoms with van der Waals surface area (Å²) >= 11 is 0. The van der Waals surface area contributed by atoms with E-state index in [1.165, 1.54) is 32.4 Å². The molecular formula is C9H11N3O4. The van der Waals surface area contributed by atoms with Crippen LogP contribution in [0.5, 0.6) is 5.75 Å². The Morgan fingerprint density at radius 2 is 2.19 bits per heavy atom. The number of hydrazine groups is 1. The van der Waals surface area contributed by atoms with Gasteiger partial charge in [-0.1, -0.05) is 6.07 Å². The average Bonchev–Trinajstić information content (AvgIpc) is 2.28. The summed E-state index contributed by atoms with van der Waals surface area (Å²) in [4.78, 5) is 21.6. The van der Waals surface area contributed by atoms with Crippen LogP contribution in [0.4, 0.5) is 5.69 Å². The Balaban J connectivity index is 3.24. The van der Waals surface area contributed by atoms with Crippen LogP contribution < -0.4 is 15.6 Å². The molecule has 0 spiro atoms. The molecule has 16 heavy (non-hydrogen) atoms. The van der Waals surface area contributed by atoms with Crippen LogP contribution in [0.2, 0.25) is 0 Å². The summed E-state index contributed by atoms with van der Waals surface area (Å²) in [5, 5.41) is 10.7. The maximum Gasteiger partial charge on any atom is 0.311 e. The number of nitro benzene ring substituents is 1. The summed E-state index contributed by atoms with van der Waals surface area (Å²) in [5.41, 5.74) is 4.61. The molecule has 1 amide bonds. The van der Waals surface area contributed by atoms with E-state index in [1.807, 2.05) is 0 Å². The van der Waals surface area contributed by atoms with Crippen LogP contribution in [0, 0.1) is 10.1 Å². The van der Waals surface area contributed by atoms with Gasteiger partial charge in [-0.15, -0.1) is 0 Å². The van der Waals surface area contributed by atoms with E-state index in [0.29, 0.717) is 0 Å². The van der Waals surface area contributed by atoms with Gasteiger partial charge in [0.15, 0.2) is 0 Å². The van der Waals surface area contributed by atoms with Crippen LogP contribution in [-0.4, -0.2) is 25.0 Å². The van der Waals surface area contributed by atoms with E-state index in [0.717, 1.165) is 0 Å². The van der Waals surface area contributed by atoms with Crippen molar-refractivity contribution in [2.75, 3.05) is 14.2 Å². The summed E-state index contributed by atoms with van der Waals surface area (Å²) < 4.78 is 4.87. The van der Waals surface area contributed by atoms with Crippen LogP contribution in [0.15, 0.2) is 18.2 Å². The lowest BCUT2D eigenvalue weighted by Crippen LogP contribution is -2.34. The molecule has 0 aromatic heterocycles. The van der Waals surface area contributed by atoms with Gasteiger partial charge in [-0.2, -0.15) is 0 Å². The number of carbonyl (C=O) groups is 1. The predicted octanol–water partition coefficient (Wildman–Crippen LogP) is 0.468. The second-order valence-electron chi connectivity index (χ2n) is 2.82. The molecule has 0 atom stereocenters. The highest BCUT2D eigenvalue weighted by Crippen LogP contribution is 2.30. The quantitative estimate of drug-likeness (QED) is 0.573. The number of carbonyl (C=O) groups excluding carboxylic acids is 1. The summed E-state index contributed by atoms with van der Waals surface area (Å²) in [5.74, 6) is -0.552. The molecule has 1 rings (SSSR count). The molecule has 1 aromatic rings. The van der Waals surface area contributed by atoms with E-state index >= 15 is 0 Å². The minimum Gasteiger partial charge on any atom is -0.490 e. The van der Waals surface area contributed by atoms with Crippen molar-refractivity contribution in [2.45, 2.75) is 0 Å². The first-order chi connectivity index (χ1) is 7.61. The Morgan fingerprint density at radius 3 is 2.69 bits per heavy atom. The fourth-order valence-corrected chi connectivity index (χ4v) is 1.24. The monoisotopic (exact) mass is 225 g/mol. The van der Waals surface area contributed by atoms with Gasteiger partial charge in [0.2, 0.25) is 5.75 Å². The lowest BCUT2D eigenvalue weighted by atomic mass is 10.1. The molecule has 0 heterocycles. The van der Waals surface area contributed by atoms with E-state index in [9.17, 15) is 14.9 Å². The molecule has 0 aliphatic heterocycles. The van der Waals surface area contributed by atoms with Gasteiger partial charge >= 0.3 is 5.69 Å². The molecule has 0 aliphatic carbocycles. The van der Waals surface area contributed by atoms with Crippen LogP contribution >= 0.6 is 0 Å². The normalized spacial score (nSPS) is 9.62. The lowest BCUT2D eigenvalue weighted by Gasteiger charge is -2.08. The molecule has 0 aliphatic rings. The number of para-hydroxylation sites is 1. The number of benzene rings is 1. The van der Waals surface area contributed by atoms with E-state index < -0.39 is 10.8 Å². The van der Waals surface area contributed by atoms with Gasteiger partial charge in [0.1, 0.15) is 0 Å². The maximum absolute atomic E-state index is 11.5. The topological polar surface area (TPSA) is 93.5 Å². The fraction of sp³-hybridized carbons (Fsp3) is 0.222. The second kappa shape index (κ2) is 5.08. The van der Waals surface area contributed by atoms with Crippen molar-refractivity contribution in [3.8, 4) is 5.75 Å². The van der Waals surface area contributed by atoms with E-state index in [2.05, 4.69) is 10.9 Å². The third kappa shape index (κ3) is 2.26. The number of rotatable bonds is 4. The summed E-state index contributed by atoms with van der Waals surface area (Å²) in [6.07, 6.45) is 0. The molecule has 0 bridgehead atoms. The Bertz CT molecular complexity index is 419. The molecule has 7 nitrogen and oxygen atoms in total. The van der Waals surface area contributed by atoms with Gasteiger partial charge in [-0.3, -0.25) is 20.3 Å². The Labute approximate surface area is 91.5 Å². The molecule has 0 radical (unpaired) electrons. The summed E-state index contributed by atoms with van der Waals surface area (Å²) in [7, 11) is 2.79. The Hall–Kier alpha value is -2.15. The second-order valence-corrected chi connectivity index (χ2v) is 2.82. The van der Waals surface area contributed by atoms with E-state index in [4.69, 9.17) is 4.74 Å². The van der Waals surface area contributed by atoms with E-state index in [-0.39, 0.29) is 17.0 Å². The van der Waals surface area contributed by atoms with Crippen molar-refractivity contribution in [1.82, 2.24) is 10.9 Å². The Morgan fingerprint density at radius 1 is 1.50 bits per heavy atom. The summed E-state index contributed by atoms with van der Waals surface area (Å²) in [6.45, 7) is 0. The maximum atomic E-state index is 11.5. The number of hydrogen-bond acceptors (Lipinski definition) is 5. The number of hydrogen-bond donors (Lipinski definition) is 2. The van der Waals surface area contributed by atoms with Crippen molar-refractivity contribution in [3.05, 3.63) is 33.9 Å². The highest BCUT2D eigenvalue weighted by Gasteiger charge is 2.21. The smallest absolute Gasteiger partial charge is 0.311 e. The van der Waals surface area contributed by atoms with Gasteiger partial charge < -0.3 is 4.74 Å². The van der Waals surface area contributed by atoms with Crippen LogP contribution in [0.3, 0.4) is 0 Å². The van der Waals surface area contributed by atoms with Crippen LogP contribution in [0.1, 0.15) is 10.4 Å². The predicted molar refractivity (Wildman–Crippen MR) is 56.2 cm³/mol. The molecule has 7 heteroatoms. The first kappa shape index (κ1) is 11.9. The van der Waals surface area contributed by atoms with Crippen LogP contribution in [0.25, 0.3) is 0 Å². The van der Waals surface area contributed by atoms with Gasteiger partial charge in [0, 0.05) is 13.1 Å². The first-order valence-corrected chi connectivity index (χ1v) is 4.40. The SMILES string of the molecule is CNNC(=O)c1cccc([N+](=O)[O-])c1OC. The number of ether oxygens (including phenoxy) is 1. The van der Waals surface area contributed by atoms with Crippen molar-refractivity contribution in [2.24, 2.45) is 0 Å². The van der Waals surface area contributed by atoms with Crippen LogP contribution in [-0.2, 0) is 0 Å². The molecule has 0 unspecified atom stereocenters. The number of nitro groups is 1. The molecule has 0 saturated heterocycles. The van der Waals surface area contributed by atoms with Crippen molar-refractivity contribution in [3.63, 3.8) is 0 Å². The fourth-order valence-electron chi connectivity index (χ4n) is 1.24. The van der Waals surface area contributed by atoms with E-state index in [1.54, 1.807) is 0 Å². The third-order valence-corrected chi connectivity index (χ3v) is 1.88. The minimum atomic E-state index is -0.602. The highest BCUT2D eigenvalue weighted by atomic mass is 16.6. The number of nitrogens with zero attached hydrogens (tertiary/aromatic N) is 1. The zero-order valence-corrected chi connectivity index (χ0v) is 8.81. The highest BCUT2D eigenvalue weighted by molar-refractivity contribution is 5.97. The van der Waals surface area contributed by atoms with Gasteiger partial charge in [-0.25, -0.2) is 5.43 Å². The minimum absolute atomic E-state index is 0.0553. The number of amides is 1. The zero-order chi connectivity index (χ0) is 12.1. The standard InChI is InChI=1S/C9H11N3O4/c1-10-11-9(13)6-4-3-5-7(12(14)15)8(6)16-2/h3-5,10H,1-2H3,(H,11,13). The summed E-state index contributed by atoms with van der Waals surface area (Å²) in [6, 6.07) is 4.14. The lowest BCUT2D eigenvalue weighted by molar-refractivity contribution is -0.385. The number of methoxy groups -OCH3 is 1. The largest absolute Gasteiger partial charge is 0.490 e. The van der Waals surface area contributed by atoms with Crippen molar-refractivity contribution in [1.29, 1.82) is 0 Å². The molecule has 0 fully saturated rings. The molecule has 1 aromatic carbocycles. The van der Waals surface area contributed by atoms with Gasteiger partial charge in [0.25, 0.3) is 5.91 Å². The average molecular weight is 225 g/mol. The molecular weight excluding hydrogens is 214 g/mol. The molecule has 2 N–H and O–H groups in total. The first-order valence-electron chi connectivity index (χ1n) is 4.40.